The van der Waals surface area contributed by atoms with Crippen molar-refractivity contribution in [2.24, 2.45) is 0 Å². The second kappa shape index (κ2) is 6.32. The number of carbonyl (C=O) groups excluding carboxylic acids is 1. The first-order valence-corrected chi connectivity index (χ1v) is 6.80. The Morgan fingerprint density at radius 3 is 2.68 bits per heavy atom. The number of hydrogen-bond acceptors (Lipinski definition) is 2. The lowest BCUT2D eigenvalue weighted by molar-refractivity contribution is 0.0968. The van der Waals surface area contributed by atoms with Gasteiger partial charge in [-0.2, -0.15) is 0 Å². The molecule has 0 atom stereocenters. The van der Waals surface area contributed by atoms with E-state index in [2.05, 4.69) is 43.1 Å². The van der Waals surface area contributed by atoms with Crippen LogP contribution in [0.15, 0.2) is 36.7 Å². The summed E-state index contributed by atoms with van der Waals surface area (Å²) in [5.74, 6) is 0.716. The van der Waals surface area contributed by atoms with Crippen molar-refractivity contribution in [3.8, 4) is 0 Å². The molecule has 0 fully saturated rings. The van der Waals surface area contributed by atoms with Gasteiger partial charge >= 0.3 is 0 Å². The average molecular weight is 256 g/mol. The second-order valence-corrected chi connectivity index (χ2v) is 4.85. The van der Waals surface area contributed by atoms with Gasteiger partial charge in [0.1, 0.15) is 0 Å². The normalized spacial score (nSPS) is 10.6. The van der Waals surface area contributed by atoms with Crippen molar-refractivity contribution in [3.05, 3.63) is 53.6 Å². The highest BCUT2D eigenvalue weighted by Gasteiger charge is 2.12. The third-order valence-corrected chi connectivity index (χ3v) is 3.19. The van der Waals surface area contributed by atoms with E-state index >= 15 is 0 Å². The van der Waals surface area contributed by atoms with Crippen molar-refractivity contribution in [2.45, 2.75) is 39.7 Å². The summed E-state index contributed by atoms with van der Waals surface area (Å²) in [6.07, 6.45) is 5.88. The fourth-order valence-corrected chi connectivity index (χ4v) is 2.11. The number of aryl methyl sites for hydroxylation is 3. The Labute approximate surface area is 114 Å². The minimum absolute atomic E-state index is 0.124. The lowest BCUT2D eigenvalue weighted by atomic mass is 10.1. The standard InChI is InChI=1S/C16H20N2O/c1-3-11-18-12-10-17-16(18)15(19)9-8-14-6-4-13(2)5-7-14/h4-7,10,12H,3,8-9,11H2,1-2H3. The second-order valence-electron chi connectivity index (χ2n) is 4.85. The van der Waals surface area contributed by atoms with Gasteiger partial charge in [0.2, 0.25) is 0 Å². The van der Waals surface area contributed by atoms with Crippen LogP contribution in [-0.4, -0.2) is 15.3 Å². The molecular weight excluding hydrogens is 236 g/mol. The Hall–Kier alpha value is -1.90. The van der Waals surface area contributed by atoms with Gasteiger partial charge in [-0.15, -0.1) is 0 Å². The van der Waals surface area contributed by atoms with Crippen molar-refractivity contribution in [2.75, 3.05) is 0 Å². The number of carbonyl (C=O) groups is 1. The number of nitrogens with zero attached hydrogens (tertiary/aromatic N) is 2. The SMILES string of the molecule is CCCn1ccnc1C(=O)CCc1ccc(C)cc1. The van der Waals surface area contributed by atoms with Gasteiger partial charge < -0.3 is 4.57 Å². The first-order chi connectivity index (χ1) is 9.20. The number of benzene rings is 1. The highest BCUT2D eigenvalue weighted by Crippen LogP contribution is 2.09. The Kier molecular flexibility index (Phi) is 4.50. The molecule has 1 heterocycles. The van der Waals surface area contributed by atoms with Crippen molar-refractivity contribution >= 4 is 5.78 Å². The van der Waals surface area contributed by atoms with Crippen LogP contribution in [0.2, 0.25) is 0 Å². The van der Waals surface area contributed by atoms with Gasteiger partial charge in [0.15, 0.2) is 11.6 Å². The van der Waals surface area contributed by atoms with E-state index in [0.717, 1.165) is 19.4 Å². The molecule has 100 valence electrons. The molecular formula is C16H20N2O. The van der Waals surface area contributed by atoms with Gasteiger partial charge in [-0.25, -0.2) is 4.98 Å². The smallest absolute Gasteiger partial charge is 0.198 e. The molecule has 0 N–H and O–H groups in total. The number of Topliss-reactive ketones (excluding diaryl/α,β-unsaturated/α-hetero) is 1. The maximum absolute atomic E-state index is 12.2. The molecule has 19 heavy (non-hydrogen) atoms. The van der Waals surface area contributed by atoms with Crippen LogP contribution in [-0.2, 0) is 13.0 Å². The predicted molar refractivity (Wildman–Crippen MR) is 76.3 cm³/mol. The summed E-state index contributed by atoms with van der Waals surface area (Å²) in [5, 5.41) is 0. The monoisotopic (exact) mass is 256 g/mol. The number of imidazole rings is 1. The zero-order valence-corrected chi connectivity index (χ0v) is 11.6. The Morgan fingerprint density at radius 1 is 1.26 bits per heavy atom. The van der Waals surface area contributed by atoms with Gasteiger partial charge in [-0.05, 0) is 25.3 Å². The summed E-state index contributed by atoms with van der Waals surface area (Å²) >= 11 is 0. The van der Waals surface area contributed by atoms with Crippen molar-refractivity contribution in [1.82, 2.24) is 9.55 Å². The zero-order valence-electron chi connectivity index (χ0n) is 11.6. The molecule has 0 aliphatic carbocycles. The fourth-order valence-electron chi connectivity index (χ4n) is 2.11. The van der Waals surface area contributed by atoms with Gasteiger partial charge in [-0.3, -0.25) is 4.79 Å². The summed E-state index contributed by atoms with van der Waals surface area (Å²) in [6.45, 7) is 5.02. The number of hydrogen-bond donors (Lipinski definition) is 0. The first kappa shape index (κ1) is 13.5. The number of ketones is 1. The molecule has 1 aromatic heterocycles. The van der Waals surface area contributed by atoms with E-state index in [1.807, 2.05) is 10.8 Å². The molecule has 0 amide bonds. The Bertz CT molecular complexity index is 540. The molecule has 0 saturated heterocycles. The van der Waals surface area contributed by atoms with Crippen LogP contribution in [0.1, 0.15) is 41.5 Å². The molecule has 3 heteroatoms. The zero-order chi connectivity index (χ0) is 13.7. The third-order valence-electron chi connectivity index (χ3n) is 3.19. The summed E-state index contributed by atoms with van der Waals surface area (Å²) in [7, 11) is 0. The van der Waals surface area contributed by atoms with Crippen LogP contribution in [0.5, 0.6) is 0 Å². The summed E-state index contributed by atoms with van der Waals surface area (Å²) < 4.78 is 1.94. The maximum atomic E-state index is 12.2. The summed E-state index contributed by atoms with van der Waals surface area (Å²) in [6, 6.07) is 8.33. The van der Waals surface area contributed by atoms with Gasteiger partial charge in [0, 0.05) is 25.4 Å². The lowest BCUT2D eigenvalue weighted by Crippen LogP contribution is -2.11. The Morgan fingerprint density at radius 2 is 2.00 bits per heavy atom. The molecule has 3 nitrogen and oxygen atoms in total. The first-order valence-electron chi connectivity index (χ1n) is 6.80. The van der Waals surface area contributed by atoms with Crippen LogP contribution in [0, 0.1) is 6.92 Å². The van der Waals surface area contributed by atoms with Gasteiger partial charge in [0.25, 0.3) is 0 Å². The molecule has 0 spiro atoms. The largest absolute Gasteiger partial charge is 0.329 e. The molecule has 0 radical (unpaired) electrons. The number of rotatable bonds is 6. The topological polar surface area (TPSA) is 34.9 Å². The van der Waals surface area contributed by atoms with Crippen molar-refractivity contribution in [1.29, 1.82) is 0 Å². The minimum atomic E-state index is 0.124. The van der Waals surface area contributed by atoms with Crippen LogP contribution in [0.3, 0.4) is 0 Å². The van der Waals surface area contributed by atoms with E-state index in [1.54, 1.807) is 6.20 Å². The molecule has 1 aromatic carbocycles. The third kappa shape index (κ3) is 3.53. The molecule has 0 saturated carbocycles. The van der Waals surface area contributed by atoms with Crippen molar-refractivity contribution < 1.29 is 4.79 Å². The van der Waals surface area contributed by atoms with E-state index < -0.39 is 0 Å². The van der Waals surface area contributed by atoms with Crippen LogP contribution < -0.4 is 0 Å². The summed E-state index contributed by atoms with van der Waals surface area (Å²) in [5.41, 5.74) is 2.45. The summed E-state index contributed by atoms with van der Waals surface area (Å²) in [4.78, 5) is 16.3. The molecule has 0 aliphatic heterocycles. The van der Waals surface area contributed by atoms with Crippen LogP contribution in [0.4, 0.5) is 0 Å². The average Bonchev–Trinajstić information content (AvgIpc) is 2.86. The van der Waals surface area contributed by atoms with E-state index in [9.17, 15) is 4.79 Å². The molecule has 0 unspecified atom stereocenters. The van der Waals surface area contributed by atoms with Crippen molar-refractivity contribution in [3.63, 3.8) is 0 Å². The molecule has 2 rings (SSSR count). The lowest BCUT2D eigenvalue weighted by Gasteiger charge is -2.05. The number of aromatic nitrogens is 2. The van der Waals surface area contributed by atoms with Gasteiger partial charge in [-0.1, -0.05) is 36.8 Å². The Balaban J connectivity index is 1.97. The van der Waals surface area contributed by atoms with E-state index in [-0.39, 0.29) is 5.78 Å². The highest BCUT2D eigenvalue weighted by molar-refractivity contribution is 5.92. The van der Waals surface area contributed by atoms with Gasteiger partial charge in [0.05, 0.1) is 0 Å². The highest BCUT2D eigenvalue weighted by atomic mass is 16.1. The van der Waals surface area contributed by atoms with Crippen LogP contribution >= 0.6 is 0 Å². The quantitative estimate of drug-likeness (QED) is 0.742. The predicted octanol–water partition coefficient (Wildman–Crippen LogP) is 3.42. The van der Waals surface area contributed by atoms with Crippen LogP contribution in [0.25, 0.3) is 0 Å². The maximum Gasteiger partial charge on any atom is 0.198 e. The minimum Gasteiger partial charge on any atom is -0.329 e. The molecule has 0 bridgehead atoms. The van der Waals surface area contributed by atoms with E-state index in [4.69, 9.17) is 0 Å². The van der Waals surface area contributed by atoms with E-state index in [0.29, 0.717) is 12.2 Å². The molecule has 0 aliphatic rings. The fraction of sp³-hybridized carbons (Fsp3) is 0.375. The van der Waals surface area contributed by atoms with E-state index in [1.165, 1.54) is 11.1 Å². The molecule has 2 aromatic rings.